The maximum atomic E-state index is 12.8. The van der Waals surface area contributed by atoms with Gasteiger partial charge in [0.15, 0.2) is 5.75 Å². The molecule has 0 saturated heterocycles. The molecule has 0 spiro atoms. The van der Waals surface area contributed by atoms with Gasteiger partial charge in [-0.2, -0.15) is 13.2 Å². The van der Waals surface area contributed by atoms with Crippen LogP contribution < -0.4 is 4.74 Å². The van der Waals surface area contributed by atoms with Gasteiger partial charge in [0, 0.05) is 10.9 Å². The smallest absolute Gasteiger partial charge is 0.449 e. The fraction of sp³-hybridized carbons (Fsp3) is 0.286. The first-order valence-corrected chi connectivity index (χ1v) is 7.27. The highest BCUT2D eigenvalue weighted by atomic mass is 32.2. The summed E-state index contributed by atoms with van der Waals surface area (Å²) in [5.41, 5.74) is -0.204. The Morgan fingerprint density at radius 2 is 2.09 bits per heavy atom. The Hall–Kier alpha value is -1.96. The Balaban J connectivity index is 2.69. The van der Waals surface area contributed by atoms with Crippen molar-refractivity contribution in [2.75, 3.05) is 5.75 Å². The molecule has 1 aromatic heterocycles. The third kappa shape index (κ3) is 3.27. The highest BCUT2D eigenvalue weighted by Crippen LogP contribution is 2.37. The number of carboxylic acid groups (broad SMARTS) is 1. The van der Waals surface area contributed by atoms with E-state index in [1.807, 2.05) is 6.92 Å². The van der Waals surface area contributed by atoms with Crippen molar-refractivity contribution >= 4 is 28.8 Å². The Bertz CT molecular complexity index is 731. The molecule has 0 bridgehead atoms. The van der Waals surface area contributed by atoms with Crippen LogP contribution >= 0.6 is 11.8 Å². The molecule has 0 unspecified atom stereocenters. The summed E-state index contributed by atoms with van der Waals surface area (Å²) in [5, 5.41) is 9.48. The average molecular weight is 331 g/mol. The third-order valence-corrected chi connectivity index (χ3v) is 3.80. The molecule has 0 fully saturated rings. The number of pyridine rings is 1. The third-order valence-electron chi connectivity index (χ3n) is 2.96. The number of nitrogens with zero attached hydrogens (tertiary/aromatic N) is 1. The molecule has 0 amide bonds. The molecule has 1 N–H and O–H groups in total. The highest BCUT2D eigenvalue weighted by molar-refractivity contribution is 7.99. The predicted molar refractivity (Wildman–Crippen MR) is 76.5 cm³/mol. The van der Waals surface area contributed by atoms with Gasteiger partial charge in [-0.15, -0.1) is 11.8 Å². The van der Waals surface area contributed by atoms with E-state index in [0.29, 0.717) is 16.7 Å². The van der Waals surface area contributed by atoms with E-state index in [4.69, 9.17) is 9.84 Å². The van der Waals surface area contributed by atoms with Crippen molar-refractivity contribution in [2.24, 2.45) is 0 Å². The van der Waals surface area contributed by atoms with E-state index < -0.39 is 17.9 Å². The largest absolute Gasteiger partial charge is 0.511 e. The van der Waals surface area contributed by atoms with Crippen molar-refractivity contribution in [1.82, 2.24) is 4.98 Å². The first-order chi connectivity index (χ1) is 10.2. The van der Waals surface area contributed by atoms with Gasteiger partial charge in [-0.05, 0) is 24.8 Å². The second-order valence-corrected chi connectivity index (χ2v) is 5.65. The van der Waals surface area contributed by atoms with E-state index in [-0.39, 0.29) is 16.3 Å². The minimum absolute atomic E-state index is 0.0617. The summed E-state index contributed by atoms with van der Waals surface area (Å²) in [6, 6.07) is 3.16. The zero-order chi connectivity index (χ0) is 16.5. The molecule has 118 valence electrons. The highest BCUT2D eigenvalue weighted by Gasteiger charge is 2.31. The average Bonchev–Trinajstić information content (AvgIpc) is 2.41. The Morgan fingerprint density at radius 3 is 2.64 bits per heavy atom. The molecule has 1 aromatic carbocycles. The molecular formula is C14H12F3NO3S. The molecule has 1 heterocycles. The van der Waals surface area contributed by atoms with Gasteiger partial charge < -0.3 is 9.84 Å². The molecule has 0 aliphatic carbocycles. The van der Waals surface area contributed by atoms with Gasteiger partial charge >= 0.3 is 12.3 Å². The van der Waals surface area contributed by atoms with Crippen LogP contribution in [-0.4, -0.2) is 22.0 Å². The lowest BCUT2D eigenvalue weighted by atomic mass is 10.1. The summed E-state index contributed by atoms with van der Waals surface area (Å²) >= 11 is 1.21. The van der Waals surface area contributed by atoms with Crippen molar-refractivity contribution in [3.8, 4) is 5.75 Å². The lowest BCUT2D eigenvalue weighted by Crippen LogP contribution is -2.08. The Labute approximate surface area is 128 Å². The monoisotopic (exact) mass is 331 g/mol. The molecule has 0 aliphatic heterocycles. The number of hydrogen-bond acceptors (Lipinski definition) is 4. The number of fused-ring (bicyclic) bond motifs is 1. The number of carbonyl (C=O) groups is 1. The standard InChI is InChI=1S/C14H12F3NO3S/c1-3-22-12-11(21-13(19)20)7(2)9-5-4-8(14(15,16)17)6-10(9)18-12/h4-6H,3H2,1-2H3,(H,19,20). The van der Waals surface area contributed by atoms with Crippen LogP contribution in [0.2, 0.25) is 0 Å². The van der Waals surface area contributed by atoms with E-state index >= 15 is 0 Å². The van der Waals surface area contributed by atoms with Crippen LogP contribution in [-0.2, 0) is 6.18 Å². The number of aromatic nitrogens is 1. The zero-order valence-electron chi connectivity index (χ0n) is 11.7. The second-order valence-electron chi connectivity index (χ2n) is 4.40. The number of halogens is 3. The molecule has 0 atom stereocenters. The SMILES string of the molecule is CCSc1nc2cc(C(F)(F)F)ccc2c(C)c1OC(=O)O. The van der Waals surface area contributed by atoms with E-state index in [1.54, 1.807) is 6.92 Å². The van der Waals surface area contributed by atoms with Gasteiger partial charge in [-0.1, -0.05) is 13.0 Å². The van der Waals surface area contributed by atoms with Crippen molar-refractivity contribution in [2.45, 2.75) is 25.0 Å². The molecule has 8 heteroatoms. The molecule has 22 heavy (non-hydrogen) atoms. The van der Waals surface area contributed by atoms with E-state index in [2.05, 4.69) is 4.98 Å². The summed E-state index contributed by atoms with van der Waals surface area (Å²) in [6.07, 6.45) is -5.95. The molecule has 0 aliphatic rings. The molecule has 4 nitrogen and oxygen atoms in total. The number of rotatable bonds is 3. The van der Waals surface area contributed by atoms with Crippen molar-refractivity contribution in [3.05, 3.63) is 29.3 Å². The van der Waals surface area contributed by atoms with Crippen molar-refractivity contribution in [1.29, 1.82) is 0 Å². The fourth-order valence-electron chi connectivity index (χ4n) is 2.00. The fourth-order valence-corrected chi connectivity index (χ4v) is 2.76. The van der Waals surface area contributed by atoms with Gasteiger partial charge in [-0.3, -0.25) is 0 Å². The quantitative estimate of drug-likeness (QED) is 0.651. The topological polar surface area (TPSA) is 59.4 Å². The predicted octanol–water partition coefficient (Wildman–Crippen LogP) is 4.73. The lowest BCUT2D eigenvalue weighted by Gasteiger charge is -2.14. The maximum Gasteiger partial charge on any atom is 0.511 e. The van der Waals surface area contributed by atoms with Gasteiger partial charge in [0.25, 0.3) is 0 Å². The van der Waals surface area contributed by atoms with Crippen LogP contribution in [0.3, 0.4) is 0 Å². The zero-order valence-corrected chi connectivity index (χ0v) is 12.5. The summed E-state index contributed by atoms with van der Waals surface area (Å²) in [5.74, 6) is 0.638. The minimum Gasteiger partial charge on any atom is -0.449 e. The second kappa shape index (κ2) is 6.04. The molecular weight excluding hydrogens is 319 g/mol. The first-order valence-electron chi connectivity index (χ1n) is 6.29. The Kier molecular flexibility index (Phi) is 4.50. The summed E-state index contributed by atoms with van der Waals surface area (Å²) in [6.45, 7) is 3.41. The molecule has 0 radical (unpaired) electrons. The lowest BCUT2D eigenvalue weighted by molar-refractivity contribution is -0.137. The number of ether oxygens (including phenoxy) is 1. The van der Waals surface area contributed by atoms with Gasteiger partial charge in [-0.25, -0.2) is 9.78 Å². The van der Waals surface area contributed by atoms with Gasteiger partial charge in [0.2, 0.25) is 0 Å². The van der Waals surface area contributed by atoms with Crippen molar-refractivity contribution in [3.63, 3.8) is 0 Å². The molecule has 2 aromatic rings. The minimum atomic E-state index is -4.46. The Morgan fingerprint density at radius 1 is 1.41 bits per heavy atom. The number of aryl methyl sites for hydroxylation is 1. The van der Waals surface area contributed by atoms with Gasteiger partial charge in [0.1, 0.15) is 5.03 Å². The summed E-state index contributed by atoms with van der Waals surface area (Å²) in [7, 11) is 0. The number of hydrogen-bond donors (Lipinski definition) is 1. The summed E-state index contributed by atoms with van der Waals surface area (Å²) < 4.78 is 43.1. The van der Waals surface area contributed by atoms with Crippen LogP contribution in [0.25, 0.3) is 10.9 Å². The normalized spacial score (nSPS) is 11.7. The van der Waals surface area contributed by atoms with Crippen molar-refractivity contribution < 1.29 is 27.8 Å². The van der Waals surface area contributed by atoms with Crippen LogP contribution in [0.15, 0.2) is 23.2 Å². The number of benzene rings is 1. The van der Waals surface area contributed by atoms with Gasteiger partial charge in [0.05, 0.1) is 11.1 Å². The van der Waals surface area contributed by atoms with E-state index in [1.165, 1.54) is 17.8 Å². The van der Waals surface area contributed by atoms with E-state index in [0.717, 1.165) is 12.1 Å². The molecule has 2 rings (SSSR count). The number of alkyl halides is 3. The molecule has 0 saturated carbocycles. The van der Waals surface area contributed by atoms with Crippen LogP contribution in [0.5, 0.6) is 5.75 Å². The number of thioether (sulfide) groups is 1. The van der Waals surface area contributed by atoms with Crippen LogP contribution in [0.1, 0.15) is 18.1 Å². The van der Waals surface area contributed by atoms with E-state index in [9.17, 15) is 18.0 Å². The first kappa shape index (κ1) is 16.4. The van der Waals surface area contributed by atoms with Crippen LogP contribution in [0, 0.1) is 6.92 Å². The van der Waals surface area contributed by atoms with Crippen LogP contribution in [0.4, 0.5) is 18.0 Å². The summed E-state index contributed by atoms with van der Waals surface area (Å²) in [4.78, 5) is 14.9. The maximum absolute atomic E-state index is 12.8.